The van der Waals surface area contributed by atoms with Crippen molar-refractivity contribution in [3.8, 4) is 0 Å². The topological polar surface area (TPSA) is 49.4 Å². The molecule has 0 bridgehead atoms. The van der Waals surface area contributed by atoms with Gasteiger partial charge in [0.15, 0.2) is 0 Å². The average molecular weight is 282 g/mol. The summed E-state index contributed by atoms with van der Waals surface area (Å²) >= 11 is 0. The Morgan fingerprint density at radius 3 is 2.20 bits per heavy atom. The maximum absolute atomic E-state index is 12.3. The number of piperazine rings is 1. The van der Waals surface area contributed by atoms with Crippen molar-refractivity contribution in [2.24, 2.45) is 0 Å². The lowest BCUT2D eigenvalue weighted by atomic mass is 9.97. The minimum absolute atomic E-state index is 0.0376. The Kier molecular flexibility index (Phi) is 6.50. The minimum Gasteiger partial charge on any atom is -0.340 e. The molecule has 0 aromatic heterocycles. The number of unbranched alkanes of at least 4 members (excludes halogenated alkanes) is 6. The number of hydrogen-bond donors (Lipinski definition) is 1. The molecular formula is C16H30N2O2. The number of hydrogen-bond acceptors (Lipinski definition) is 2. The number of carbonyl (C=O) groups excluding carboxylic acids is 2. The van der Waals surface area contributed by atoms with Gasteiger partial charge in [0.25, 0.3) is 0 Å². The van der Waals surface area contributed by atoms with E-state index in [9.17, 15) is 9.59 Å². The van der Waals surface area contributed by atoms with Gasteiger partial charge in [-0.3, -0.25) is 9.59 Å². The van der Waals surface area contributed by atoms with Crippen molar-refractivity contribution in [2.75, 3.05) is 6.54 Å². The number of rotatable bonds is 8. The Morgan fingerprint density at radius 2 is 1.60 bits per heavy atom. The molecule has 1 N–H and O–H groups in total. The van der Waals surface area contributed by atoms with Crippen molar-refractivity contribution in [3.63, 3.8) is 0 Å². The zero-order chi connectivity index (χ0) is 15.2. The Morgan fingerprint density at radius 1 is 1.05 bits per heavy atom. The van der Waals surface area contributed by atoms with Gasteiger partial charge in [0.1, 0.15) is 11.6 Å². The fourth-order valence-electron chi connectivity index (χ4n) is 2.68. The molecule has 1 unspecified atom stereocenters. The molecule has 1 heterocycles. The van der Waals surface area contributed by atoms with Crippen LogP contribution in [0.1, 0.15) is 72.6 Å². The second-order valence-corrected chi connectivity index (χ2v) is 6.41. The largest absolute Gasteiger partial charge is 0.340 e. The monoisotopic (exact) mass is 282 g/mol. The van der Waals surface area contributed by atoms with E-state index in [2.05, 4.69) is 12.2 Å². The molecule has 1 aliphatic heterocycles. The second kappa shape index (κ2) is 7.65. The molecular weight excluding hydrogens is 252 g/mol. The highest BCUT2D eigenvalue weighted by atomic mass is 16.2. The Hall–Kier alpha value is -1.06. The van der Waals surface area contributed by atoms with E-state index in [0.29, 0.717) is 6.54 Å². The normalized spacial score (nSPS) is 22.0. The SMILES string of the molecule is CCCCCCCCCN1C(=O)C(C)(C)NC(=O)C1C. The molecule has 0 aromatic rings. The standard InChI is InChI=1S/C16H30N2O2/c1-5-6-7-8-9-10-11-12-18-13(2)14(19)17-16(3,4)15(18)20/h13H,5-12H2,1-4H3,(H,17,19). The van der Waals surface area contributed by atoms with Crippen LogP contribution in [0.4, 0.5) is 0 Å². The molecule has 1 saturated heterocycles. The van der Waals surface area contributed by atoms with Crippen molar-refractivity contribution in [1.29, 1.82) is 0 Å². The predicted molar refractivity (Wildman–Crippen MR) is 81.4 cm³/mol. The Bertz CT molecular complexity index is 339. The van der Waals surface area contributed by atoms with Crippen LogP contribution >= 0.6 is 0 Å². The quantitative estimate of drug-likeness (QED) is 0.696. The summed E-state index contributed by atoms with van der Waals surface area (Å²) in [5.74, 6) is -0.00636. The Labute approximate surface area is 123 Å². The van der Waals surface area contributed by atoms with Gasteiger partial charge >= 0.3 is 0 Å². The van der Waals surface area contributed by atoms with Crippen LogP contribution in [0.3, 0.4) is 0 Å². The number of carbonyl (C=O) groups is 2. The van der Waals surface area contributed by atoms with E-state index in [-0.39, 0.29) is 17.9 Å². The average Bonchev–Trinajstić information content (AvgIpc) is 2.38. The Balaban J connectivity index is 2.33. The van der Waals surface area contributed by atoms with Crippen molar-refractivity contribution in [2.45, 2.75) is 84.2 Å². The smallest absolute Gasteiger partial charge is 0.248 e. The van der Waals surface area contributed by atoms with Crippen molar-refractivity contribution in [3.05, 3.63) is 0 Å². The van der Waals surface area contributed by atoms with E-state index in [4.69, 9.17) is 0 Å². The van der Waals surface area contributed by atoms with Gasteiger partial charge in [-0.2, -0.15) is 0 Å². The molecule has 0 saturated carbocycles. The highest BCUT2D eigenvalue weighted by molar-refractivity contribution is 5.99. The summed E-state index contributed by atoms with van der Waals surface area (Å²) in [6, 6.07) is -0.337. The lowest BCUT2D eigenvalue weighted by Gasteiger charge is -2.41. The van der Waals surface area contributed by atoms with Crippen LogP contribution in [0, 0.1) is 0 Å². The van der Waals surface area contributed by atoms with Gasteiger partial charge < -0.3 is 10.2 Å². The summed E-state index contributed by atoms with van der Waals surface area (Å²) < 4.78 is 0. The van der Waals surface area contributed by atoms with Crippen LogP contribution in [0.5, 0.6) is 0 Å². The molecule has 4 nitrogen and oxygen atoms in total. The van der Waals surface area contributed by atoms with Crippen LogP contribution in [0.2, 0.25) is 0 Å². The first-order chi connectivity index (χ1) is 9.40. The third kappa shape index (κ3) is 4.50. The molecule has 1 aliphatic rings. The zero-order valence-electron chi connectivity index (χ0n) is 13.5. The van der Waals surface area contributed by atoms with Gasteiger partial charge in [-0.05, 0) is 27.2 Å². The van der Waals surface area contributed by atoms with E-state index in [0.717, 1.165) is 12.8 Å². The zero-order valence-corrected chi connectivity index (χ0v) is 13.5. The van der Waals surface area contributed by atoms with E-state index in [1.165, 1.54) is 32.1 Å². The highest BCUT2D eigenvalue weighted by Crippen LogP contribution is 2.19. The molecule has 20 heavy (non-hydrogen) atoms. The number of amides is 2. The van der Waals surface area contributed by atoms with Crippen molar-refractivity contribution < 1.29 is 9.59 Å². The molecule has 0 spiro atoms. The molecule has 1 rings (SSSR count). The molecule has 0 aromatic carbocycles. The molecule has 1 fully saturated rings. The first-order valence-electron chi connectivity index (χ1n) is 8.03. The van der Waals surface area contributed by atoms with Gasteiger partial charge in [-0.1, -0.05) is 45.4 Å². The first kappa shape index (κ1) is 17.0. The lowest BCUT2D eigenvalue weighted by Crippen LogP contribution is -2.67. The summed E-state index contributed by atoms with van der Waals surface area (Å²) in [6.07, 6.45) is 8.54. The maximum Gasteiger partial charge on any atom is 0.248 e. The van der Waals surface area contributed by atoms with Crippen LogP contribution in [-0.4, -0.2) is 34.8 Å². The fraction of sp³-hybridized carbons (Fsp3) is 0.875. The highest BCUT2D eigenvalue weighted by Gasteiger charge is 2.42. The van der Waals surface area contributed by atoms with E-state index >= 15 is 0 Å². The van der Waals surface area contributed by atoms with Gasteiger partial charge in [0, 0.05) is 6.54 Å². The van der Waals surface area contributed by atoms with E-state index in [1.807, 2.05) is 6.92 Å². The van der Waals surface area contributed by atoms with Crippen LogP contribution < -0.4 is 5.32 Å². The summed E-state index contributed by atoms with van der Waals surface area (Å²) in [5.41, 5.74) is -0.759. The van der Waals surface area contributed by atoms with Crippen molar-refractivity contribution >= 4 is 11.8 Å². The molecule has 116 valence electrons. The van der Waals surface area contributed by atoms with Gasteiger partial charge in [-0.15, -0.1) is 0 Å². The molecule has 0 aliphatic carbocycles. The summed E-state index contributed by atoms with van der Waals surface area (Å²) in [5, 5.41) is 2.78. The fourth-order valence-corrected chi connectivity index (χ4v) is 2.68. The van der Waals surface area contributed by atoms with Gasteiger partial charge in [0.05, 0.1) is 0 Å². The molecule has 0 radical (unpaired) electrons. The van der Waals surface area contributed by atoms with Crippen LogP contribution in [-0.2, 0) is 9.59 Å². The molecule has 1 atom stereocenters. The van der Waals surface area contributed by atoms with Crippen LogP contribution in [0.25, 0.3) is 0 Å². The lowest BCUT2D eigenvalue weighted by molar-refractivity contribution is -0.152. The summed E-state index contributed by atoms with van der Waals surface area (Å²) in [7, 11) is 0. The number of nitrogens with one attached hydrogen (secondary N) is 1. The van der Waals surface area contributed by atoms with Gasteiger partial charge in [-0.25, -0.2) is 0 Å². The second-order valence-electron chi connectivity index (χ2n) is 6.41. The third-order valence-electron chi connectivity index (χ3n) is 4.08. The van der Waals surface area contributed by atoms with Crippen molar-refractivity contribution in [1.82, 2.24) is 10.2 Å². The first-order valence-corrected chi connectivity index (χ1v) is 8.03. The summed E-state index contributed by atoms with van der Waals surface area (Å²) in [4.78, 5) is 25.9. The predicted octanol–water partition coefficient (Wildman–Crippen LogP) is 2.86. The van der Waals surface area contributed by atoms with Crippen LogP contribution in [0.15, 0.2) is 0 Å². The van der Waals surface area contributed by atoms with E-state index < -0.39 is 5.54 Å². The number of nitrogens with zero attached hydrogens (tertiary/aromatic N) is 1. The summed E-state index contributed by atoms with van der Waals surface area (Å²) in [6.45, 7) is 8.28. The van der Waals surface area contributed by atoms with Gasteiger partial charge in [0.2, 0.25) is 11.8 Å². The minimum atomic E-state index is -0.759. The third-order valence-corrected chi connectivity index (χ3v) is 4.08. The van der Waals surface area contributed by atoms with E-state index in [1.54, 1.807) is 18.7 Å². The molecule has 4 heteroatoms. The molecule has 2 amide bonds. The maximum atomic E-state index is 12.3.